The van der Waals surface area contributed by atoms with Crippen LogP contribution in [0.4, 0.5) is 0 Å². The highest BCUT2D eigenvalue weighted by atomic mass is 15.6. The molecule has 1 aliphatic heterocycles. The smallest absolute Gasteiger partial charge is 0.176 e. The molecule has 3 heterocycles. The summed E-state index contributed by atoms with van der Waals surface area (Å²) in [5.74, 6) is 2.13. The molecule has 6 nitrogen and oxygen atoms in total. The largest absolute Gasteiger partial charge is 0.316 e. The first-order chi connectivity index (χ1) is 8.92. The van der Waals surface area contributed by atoms with Crippen molar-refractivity contribution in [3.05, 3.63) is 30.2 Å². The van der Waals surface area contributed by atoms with E-state index in [1.54, 1.807) is 6.20 Å². The highest BCUT2D eigenvalue weighted by Gasteiger charge is 2.16. The molecule has 3 rings (SSSR count). The Labute approximate surface area is 105 Å². The van der Waals surface area contributed by atoms with Crippen molar-refractivity contribution in [1.82, 2.24) is 30.5 Å². The molecule has 18 heavy (non-hydrogen) atoms. The summed E-state index contributed by atoms with van der Waals surface area (Å²) in [6.07, 6.45) is 5.09. The van der Waals surface area contributed by atoms with Crippen LogP contribution in [0.2, 0.25) is 0 Å². The van der Waals surface area contributed by atoms with E-state index >= 15 is 0 Å². The number of hydrogen-bond acceptors (Lipinski definition) is 5. The summed E-state index contributed by atoms with van der Waals surface area (Å²) in [7, 11) is 0. The van der Waals surface area contributed by atoms with Gasteiger partial charge in [-0.3, -0.25) is 0 Å². The molecule has 1 N–H and O–H groups in total. The normalized spacial score (nSPS) is 19.9. The van der Waals surface area contributed by atoms with Gasteiger partial charge in [0.1, 0.15) is 0 Å². The number of nitrogens with one attached hydrogen (secondary N) is 1. The molecule has 1 aliphatic rings. The summed E-state index contributed by atoms with van der Waals surface area (Å²) >= 11 is 0. The minimum atomic E-state index is 0.625. The second kappa shape index (κ2) is 5.22. The third-order valence-electron chi connectivity index (χ3n) is 3.18. The van der Waals surface area contributed by atoms with Gasteiger partial charge in [0, 0.05) is 12.6 Å². The predicted molar refractivity (Wildman–Crippen MR) is 66.2 cm³/mol. The predicted octanol–water partition coefficient (Wildman–Crippen LogP) is 0.599. The number of pyridine rings is 1. The first-order valence-corrected chi connectivity index (χ1v) is 6.33. The molecule has 0 spiro atoms. The van der Waals surface area contributed by atoms with Crippen LogP contribution in [-0.2, 0) is 6.42 Å². The number of hydrogen-bond donors (Lipinski definition) is 1. The molecule has 0 aliphatic carbocycles. The van der Waals surface area contributed by atoms with Gasteiger partial charge in [0.25, 0.3) is 0 Å². The number of tetrazole rings is 1. The van der Waals surface area contributed by atoms with Gasteiger partial charge in [-0.2, -0.15) is 0 Å². The Morgan fingerprint density at radius 2 is 2.39 bits per heavy atom. The van der Waals surface area contributed by atoms with Crippen molar-refractivity contribution >= 4 is 0 Å². The van der Waals surface area contributed by atoms with E-state index in [2.05, 4.69) is 25.7 Å². The van der Waals surface area contributed by atoms with Gasteiger partial charge in [0.2, 0.25) is 0 Å². The third kappa shape index (κ3) is 2.53. The van der Waals surface area contributed by atoms with Crippen molar-refractivity contribution in [2.75, 3.05) is 13.1 Å². The Balaban J connectivity index is 1.69. The fourth-order valence-corrected chi connectivity index (χ4v) is 2.25. The molecule has 0 amide bonds. The summed E-state index contributed by atoms with van der Waals surface area (Å²) in [6.45, 7) is 2.18. The van der Waals surface area contributed by atoms with Gasteiger partial charge in [-0.1, -0.05) is 6.07 Å². The number of piperidine rings is 1. The first kappa shape index (κ1) is 11.3. The number of rotatable bonds is 3. The Kier molecular flexibility index (Phi) is 3.27. The molecular weight excluding hydrogens is 228 g/mol. The number of aromatic nitrogens is 5. The van der Waals surface area contributed by atoms with Gasteiger partial charge in [-0.25, -0.2) is 4.98 Å². The van der Waals surface area contributed by atoms with E-state index in [-0.39, 0.29) is 0 Å². The highest BCUT2D eigenvalue weighted by molar-refractivity contribution is 5.17. The summed E-state index contributed by atoms with van der Waals surface area (Å²) < 4.78 is 0. The Hall–Kier alpha value is -1.82. The Bertz CT molecular complexity index is 488. The molecule has 94 valence electrons. The topological polar surface area (TPSA) is 68.5 Å². The Morgan fingerprint density at radius 3 is 3.17 bits per heavy atom. The zero-order valence-electron chi connectivity index (χ0n) is 10.2. The lowest BCUT2D eigenvalue weighted by atomic mass is 9.96. The molecule has 0 bridgehead atoms. The minimum absolute atomic E-state index is 0.625. The highest BCUT2D eigenvalue weighted by Crippen LogP contribution is 2.13. The third-order valence-corrected chi connectivity index (χ3v) is 3.18. The lowest BCUT2D eigenvalue weighted by Crippen LogP contribution is -2.31. The average molecular weight is 244 g/mol. The molecule has 0 saturated carbocycles. The van der Waals surface area contributed by atoms with Crippen molar-refractivity contribution in [3.63, 3.8) is 0 Å². The van der Waals surface area contributed by atoms with Crippen molar-refractivity contribution in [2.24, 2.45) is 5.92 Å². The van der Waals surface area contributed by atoms with E-state index in [0.29, 0.717) is 11.7 Å². The fourth-order valence-electron chi connectivity index (χ4n) is 2.25. The van der Waals surface area contributed by atoms with Crippen LogP contribution < -0.4 is 5.32 Å². The van der Waals surface area contributed by atoms with Gasteiger partial charge in [-0.15, -0.1) is 15.0 Å². The van der Waals surface area contributed by atoms with Gasteiger partial charge in [-0.05, 0) is 49.2 Å². The first-order valence-electron chi connectivity index (χ1n) is 6.33. The van der Waals surface area contributed by atoms with Crippen molar-refractivity contribution < 1.29 is 0 Å². The maximum atomic E-state index is 4.38. The van der Waals surface area contributed by atoms with E-state index in [9.17, 15) is 0 Å². The van der Waals surface area contributed by atoms with Crippen LogP contribution in [0.15, 0.2) is 24.4 Å². The monoisotopic (exact) mass is 244 g/mol. The molecule has 2 aromatic heterocycles. The summed E-state index contributed by atoms with van der Waals surface area (Å²) in [6, 6.07) is 5.65. The Morgan fingerprint density at radius 1 is 1.39 bits per heavy atom. The van der Waals surface area contributed by atoms with Crippen LogP contribution in [-0.4, -0.2) is 38.3 Å². The molecule has 0 aromatic carbocycles. The number of nitrogens with zero attached hydrogens (tertiary/aromatic N) is 5. The standard InChI is InChI=1S/C12H16N6/c1-2-7-14-12(5-1)18-16-11(15-17-18)8-10-4-3-6-13-9-10/h1-2,5,7,10,13H,3-4,6,8-9H2. The second-order valence-electron chi connectivity index (χ2n) is 4.60. The zero-order valence-corrected chi connectivity index (χ0v) is 10.2. The average Bonchev–Trinajstić information content (AvgIpc) is 2.89. The lowest BCUT2D eigenvalue weighted by molar-refractivity contribution is 0.370. The van der Waals surface area contributed by atoms with Crippen LogP contribution in [0.3, 0.4) is 0 Å². The van der Waals surface area contributed by atoms with E-state index in [4.69, 9.17) is 0 Å². The van der Waals surface area contributed by atoms with Crippen LogP contribution in [0.25, 0.3) is 5.82 Å². The lowest BCUT2D eigenvalue weighted by Gasteiger charge is -2.20. The molecule has 2 aromatic rings. The summed E-state index contributed by atoms with van der Waals surface area (Å²) in [4.78, 5) is 5.69. The summed E-state index contributed by atoms with van der Waals surface area (Å²) in [5, 5.41) is 15.9. The van der Waals surface area contributed by atoms with Crippen molar-refractivity contribution in [1.29, 1.82) is 0 Å². The van der Waals surface area contributed by atoms with Crippen LogP contribution in [0, 0.1) is 5.92 Å². The molecular formula is C12H16N6. The fraction of sp³-hybridized carbons (Fsp3) is 0.500. The van der Waals surface area contributed by atoms with Crippen LogP contribution in [0.5, 0.6) is 0 Å². The van der Waals surface area contributed by atoms with Crippen LogP contribution in [0.1, 0.15) is 18.7 Å². The van der Waals surface area contributed by atoms with Crippen LogP contribution >= 0.6 is 0 Å². The quantitative estimate of drug-likeness (QED) is 0.856. The van der Waals surface area contributed by atoms with Crippen molar-refractivity contribution in [2.45, 2.75) is 19.3 Å². The van der Waals surface area contributed by atoms with Gasteiger partial charge < -0.3 is 5.32 Å². The SMILES string of the molecule is c1ccc(-n2nnc(CC3CCCNC3)n2)nc1. The molecule has 1 atom stereocenters. The molecule has 1 saturated heterocycles. The second-order valence-corrected chi connectivity index (χ2v) is 4.60. The van der Waals surface area contributed by atoms with E-state index in [1.165, 1.54) is 17.6 Å². The minimum Gasteiger partial charge on any atom is -0.316 e. The molecule has 1 unspecified atom stereocenters. The molecule has 0 radical (unpaired) electrons. The molecule has 6 heteroatoms. The van der Waals surface area contributed by atoms with Gasteiger partial charge in [0.05, 0.1) is 0 Å². The zero-order chi connectivity index (χ0) is 12.2. The van der Waals surface area contributed by atoms with Crippen molar-refractivity contribution in [3.8, 4) is 5.82 Å². The van der Waals surface area contributed by atoms with E-state index < -0.39 is 0 Å². The maximum Gasteiger partial charge on any atom is 0.176 e. The van der Waals surface area contributed by atoms with E-state index in [0.717, 1.165) is 25.3 Å². The van der Waals surface area contributed by atoms with Gasteiger partial charge in [0.15, 0.2) is 11.6 Å². The molecule has 1 fully saturated rings. The van der Waals surface area contributed by atoms with E-state index in [1.807, 2.05) is 18.2 Å². The van der Waals surface area contributed by atoms with Gasteiger partial charge >= 0.3 is 0 Å². The summed E-state index contributed by atoms with van der Waals surface area (Å²) in [5.41, 5.74) is 0. The maximum absolute atomic E-state index is 4.38.